The van der Waals surface area contributed by atoms with Gasteiger partial charge < -0.3 is 9.47 Å². The fourth-order valence-corrected chi connectivity index (χ4v) is 4.41. The molecule has 25 heavy (non-hydrogen) atoms. The minimum atomic E-state index is -0.471. The third-order valence-electron chi connectivity index (χ3n) is 5.83. The minimum absolute atomic E-state index is 0.139. The lowest BCUT2D eigenvalue weighted by molar-refractivity contribution is -0.168. The summed E-state index contributed by atoms with van der Waals surface area (Å²) in [6.45, 7) is 8.68. The van der Waals surface area contributed by atoms with Crippen LogP contribution in [0.2, 0.25) is 0 Å². The van der Waals surface area contributed by atoms with Crippen LogP contribution in [0.3, 0.4) is 0 Å². The van der Waals surface area contributed by atoms with Crippen LogP contribution in [0.5, 0.6) is 0 Å². The van der Waals surface area contributed by atoms with E-state index in [1.165, 1.54) is 16.7 Å². The second-order valence-electron chi connectivity index (χ2n) is 7.48. The van der Waals surface area contributed by atoms with Crippen molar-refractivity contribution in [1.29, 1.82) is 0 Å². The molecule has 2 aliphatic rings. The molecular formula is C23H26O2. The summed E-state index contributed by atoms with van der Waals surface area (Å²) in [6.07, 6.45) is 2.04. The molecule has 2 nitrogen and oxygen atoms in total. The van der Waals surface area contributed by atoms with Crippen molar-refractivity contribution in [2.75, 3.05) is 0 Å². The Morgan fingerprint density at radius 3 is 2.04 bits per heavy atom. The number of ether oxygens (including phenoxy) is 2. The van der Waals surface area contributed by atoms with Gasteiger partial charge in [-0.15, -0.1) is 0 Å². The number of rotatable bonds is 3. The average Bonchev–Trinajstić information content (AvgIpc) is 3.14. The predicted octanol–water partition coefficient (Wildman–Crippen LogP) is 5.41. The van der Waals surface area contributed by atoms with Crippen molar-refractivity contribution in [2.45, 2.75) is 50.6 Å². The van der Waals surface area contributed by atoms with Gasteiger partial charge in [-0.1, -0.05) is 67.2 Å². The van der Waals surface area contributed by atoms with Gasteiger partial charge in [-0.3, -0.25) is 0 Å². The molecule has 4 rings (SSSR count). The first-order valence-electron chi connectivity index (χ1n) is 9.23. The highest BCUT2D eigenvalue weighted by molar-refractivity contribution is 5.67. The molecule has 1 saturated carbocycles. The van der Waals surface area contributed by atoms with E-state index in [4.69, 9.17) is 9.47 Å². The summed E-state index contributed by atoms with van der Waals surface area (Å²) in [6, 6.07) is 21.2. The molecule has 0 aromatic heterocycles. The lowest BCUT2D eigenvalue weighted by atomic mass is 9.82. The van der Waals surface area contributed by atoms with Crippen LogP contribution >= 0.6 is 0 Å². The van der Waals surface area contributed by atoms with E-state index < -0.39 is 5.79 Å². The van der Waals surface area contributed by atoms with Gasteiger partial charge in [0.15, 0.2) is 5.79 Å². The summed E-state index contributed by atoms with van der Waals surface area (Å²) < 4.78 is 12.7. The van der Waals surface area contributed by atoms with Crippen molar-refractivity contribution in [3.8, 4) is 0 Å². The summed E-state index contributed by atoms with van der Waals surface area (Å²) in [5.74, 6) is 0.218. The lowest BCUT2D eigenvalue weighted by Crippen LogP contribution is -2.27. The molecule has 0 N–H and O–H groups in total. The first-order valence-corrected chi connectivity index (χ1v) is 9.23. The van der Waals surface area contributed by atoms with E-state index >= 15 is 0 Å². The normalized spacial score (nSPS) is 30.6. The van der Waals surface area contributed by atoms with Crippen LogP contribution in [-0.4, -0.2) is 18.0 Å². The predicted molar refractivity (Wildman–Crippen MR) is 101 cm³/mol. The minimum Gasteiger partial charge on any atom is -0.344 e. The van der Waals surface area contributed by atoms with Gasteiger partial charge in [0.05, 0.1) is 12.2 Å². The molecule has 2 heteroatoms. The van der Waals surface area contributed by atoms with Crippen molar-refractivity contribution >= 4 is 5.57 Å². The molecule has 0 amide bonds. The van der Waals surface area contributed by atoms with Gasteiger partial charge in [0, 0.05) is 12.8 Å². The number of hydrogen-bond donors (Lipinski definition) is 0. The van der Waals surface area contributed by atoms with Crippen molar-refractivity contribution in [3.05, 3.63) is 78.4 Å². The highest BCUT2D eigenvalue weighted by Crippen LogP contribution is 2.55. The Hall–Kier alpha value is -1.90. The van der Waals surface area contributed by atoms with Gasteiger partial charge in [0.25, 0.3) is 0 Å². The molecule has 1 saturated heterocycles. The average molecular weight is 334 g/mol. The van der Waals surface area contributed by atoms with E-state index in [0.717, 1.165) is 12.8 Å². The van der Waals surface area contributed by atoms with Gasteiger partial charge >= 0.3 is 0 Å². The van der Waals surface area contributed by atoms with Crippen LogP contribution in [0.4, 0.5) is 0 Å². The molecular weight excluding hydrogens is 308 g/mol. The van der Waals surface area contributed by atoms with Crippen LogP contribution in [0.15, 0.2) is 67.2 Å². The number of allylic oxidation sites excluding steroid dienone is 1. The van der Waals surface area contributed by atoms with Crippen molar-refractivity contribution in [2.24, 2.45) is 5.92 Å². The number of benzene rings is 2. The first kappa shape index (κ1) is 16.6. The molecule has 0 radical (unpaired) electrons. The van der Waals surface area contributed by atoms with Gasteiger partial charge in [0.1, 0.15) is 0 Å². The molecule has 0 unspecified atom stereocenters. The second-order valence-corrected chi connectivity index (χ2v) is 7.48. The van der Waals surface area contributed by atoms with E-state index in [-0.39, 0.29) is 12.2 Å². The third kappa shape index (κ3) is 3.05. The van der Waals surface area contributed by atoms with Crippen molar-refractivity contribution in [1.82, 2.24) is 0 Å². The fraction of sp³-hybridized carbons (Fsp3) is 0.391. The molecule has 0 bridgehead atoms. The SMILES string of the molecule is C=C(c1ccccc1)[C@H]1CC2(C[C@@H]1c1ccccc1)O[C@H](C)[C@@H](C)O2. The second kappa shape index (κ2) is 6.44. The summed E-state index contributed by atoms with van der Waals surface area (Å²) in [5.41, 5.74) is 3.75. The molecule has 1 heterocycles. The summed E-state index contributed by atoms with van der Waals surface area (Å²) in [4.78, 5) is 0. The summed E-state index contributed by atoms with van der Waals surface area (Å²) in [7, 11) is 0. The highest BCUT2D eigenvalue weighted by atomic mass is 16.8. The maximum atomic E-state index is 6.33. The Morgan fingerprint density at radius 2 is 1.44 bits per heavy atom. The van der Waals surface area contributed by atoms with Crippen molar-refractivity contribution < 1.29 is 9.47 Å². The molecule has 1 aliphatic carbocycles. The molecule has 2 aromatic carbocycles. The van der Waals surface area contributed by atoms with E-state index in [1.54, 1.807) is 0 Å². The van der Waals surface area contributed by atoms with Gasteiger partial charge in [0.2, 0.25) is 0 Å². The zero-order chi connectivity index (χ0) is 17.4. The Kier molecular flexibility index (Phi) is 4.26. The summed E-state index contributed by atoms with van der Waals surface area (Å²) >= 11 is 0. The molecule has 2 aromatic rings. The molecule has 130 valence electrons. The first-order chi connectivity index (χ1) is 12.1. The monoisotopic (exact) mass is 334 g/mol. The summed E-state index contributed by atoms with van der Waals surface area (Å²) in [5, 5.41) is 0. The van der Waals surface area contributed by atoms with E-state index in [2.05, 4.69) is 75.0 Å². The molecule has 4 atom stereocenters. The Bertz CT molecular complexity index is 727. The maximum Gasteiger partial charge on any atom is 0.170 e. The standard InChI is InChI=1S/C23H26O2/c1-16(19-10-6-4-7-11-19)21-14-23(24-17(2)18(3)25-23)15-22(21)20-12-8-5-9-13-20/h4-13,17-18,21-22H,1,14-15H2,2-3H3/t17-,18-,21-,22-/m1/s1. The topological polar surface area (TPSA) is 18.5 Å². The van der Waals surface area contributed by atoms with Crippen LogP contribution in [-0.2, 0) is 9.47 Å². The van der Waals surface area contributed by atoms with E-state index in [1.807, 2.05) is 6.07 Å². The van der Waals surface area contributed by atoms with E-state index in [0.29, 0.717) is 11.8 Å². The Balaban J connectivity index is 1.68. The maximum absolute atomic E-state index is 6.33. The highest BCUT2D eigenvalue weighted by Gasteiger charge is 2.54. The van der Waals surface area contributed by atoms with Gasteiger partial charge in [-0.2, -0.15) is 0 Å². The van der Waals surface area contributed by atoms with Crippen LogP contribution < -0.4 is 0 Å². The van der Waals surface area contributed by atoms with Crippen LogP contribution in [0.1, 0.15) is 43.7 Å². The molecule has 1 aliphatic heterocycles. The number of hydrogen-bond acceptors (Lipinski definition) is 2. The quantitative estimate of drug-likeness (QED) is 0.747. The lowest BCUT2D eigenvalue weighted by Gasteiger charge is -2.23. The van der Waals surface area contributed by atoms with Crippen LogP contribution in [0.25, 0.3) is 5.57 Å². The van der Waals surface area contributed by atoms with Crippen LogP contribution in [0, 0.1) is 5.92 Å². The fourth-order valence-electron chi connectivity index (χ4n) is 4.41. The zero-order valence-electron chi connectivity index (χ0n) is 15.0. The van der Waals surface area contributed by atoms with E-state index in [9.17, 15) is 0 Å². The smallest absolute Gasteiger partial charge is 0.170 e. The zero-order valence-corrected chi connectivity index (χ0v) is 15.0. The van der Waals surface area contributed by atoms with Crippen molar-refractivity contribution in [3.63, 3.8) is 0 Å². The Morgan fingerprint density at radius 1 is 0.880 bits per heavy atom. The van der Waals surface area contributed by atoms with Gasteiger partial charge in [-0.05, 0) is 42.4 Å². The van der Waals surface area contributed by atoms with Gasteiger partial charge in [-0.25, -0.2) is 0 Å². The largest absolute Gasteiger partial charge is 0.344 e. The molecule has 2 fully saturated rings. The third-order valence-corrected chi connectivity index (χ3v) is 5.83. The Labute approximate surface area is 150 Å². The molecule has 1 spiro atoms.